The molecule has 5 heteroatoms. The Kier molecular flexibility index (Phi) is 4.75. The van der Waals surface area contributed by atoms with Crippen LogP contribution >= 0.6 is 0 Å². The normalized spacial score (nSPS) is 10.5. The van der Waals surface area contributed by atoms with Gasteiger partial charge in [-0.3, -0.25) is 14.2 Å². The van der Waals surface area contributed by atoms with Crippen molar-refractivity contribution in [1.29, 1.82) is 0 Å². The summed E-state index contributed by atoms with van der Waals surface area (Å²) in [4.78, 5) is 28.4. The lowest BCUT2D eigenvalue weighted by atomic mass is 10.1. The van der Waals surface area contributed by atoms with E-state index < -0.39 is 0 Å². The maximum Gasteiger partial charge on any atom is 0.256 e. The molecule has 1 heterocycles. The van der Waals surface area contributed by atoms with Crippen LogP contribution in [0, 0.1) is 27.7 Å². The third kappa shape index (κ3) is 3.42. The largest absolute Gasteiger partial charge is 0.350 e. The lowest BCUT2D eigenvalue weighted by Crippen LogP contribution is -2.32. The molecule has 2 rings (SSSR count). The van der Waals surface area contributed by atoms with Gasteiger partial charge in [0.2, 0.25) is 0 Å². The highest BCUT2D eigenvalue weighted by Gasteiger charge is 2.09. The van der Waals surface area contributed by atoms with Gasteiger partial charge < -0.3 is 5.32 Å². The number of benzene rings is 1. The molecule has 0 fully saturated rings. The van der Waals surface area contributed by atoms with Crippen LogP contribution < -0.4 is 10.9 Å². The molecule has 0 radical (unpaired) electrons. The molecule has 1 aromatic carbocycles. The molecule has 0 unspecified atom stereocenters. The van der Waals surface area contributed by atoms with E-state index in [1.807, 2.05) is 39.0 Å². The minimum absolute atomic E-state index is 0.0618. The minimum Gasteiger partial charge on any atom is -0.350 e. The van der Waals surface area contributed by atoms with E-state index in [0.717, 1.165) is 16.8 Å². The molecule has 0 aliphatic carbocycles. The van der Waals surface area contributed by atoms with Gasteiger partial charge in [-0.1, -0.05) is 17.7 Å². The monoisotopic (exact) mass is 299 g/mol. The molecule has 0 aliphatic rings. The summed E-state index contributed by atoms with van der Waals surface area (Å²) in [5.74, 6) is -0.123. The first kappa shape index (κ1) is 15.9. The molecule has 0 aliphatic heterocycles. The van der Waals surface area contributed by atoms with E-state index in [0.29, 0.717) is 24.2 Å². The molecule has 1 aromatic heterocycles. The Hall–Kier alpha value is -2.43. The van der Waals surface area contributed by atoms with Crippen LogP contribution in [-0.2, 0) is 6.54 Å². The van der Waals surface area contributed by atoms with Gasteiger partial charge in [-0.05, 0) is 39.3 Å². The molecule has 5 nitrogen and oxygen atoms in total. The summed E-state index contributed by atoms with van der Waals surface area (Å²) in [5, 5.41) is 2.84. The van der Waals surface area contributed by atoms with E-state index in [1.54, 1.807) is 6.92 Å². The van der Waals surface area contributed by atoms with Crippen molar-refractivity contribution in [3.63, 3.8) is 0 Å². The molecule has 2 aromatic rings. The van der Waals surface area contributed by atoms with Gasteiger partial charge in [-0.15, -0.1) is 0 Å². The highest BCUT2D eigenvalue weighted by Crippen LogP contribution is 2.10. The fraction of sp³-hybridized carbons (Fsp3) is 0.353. The summed E-state index contributed by atoms with van der Waals surface area (Å²) in [7, 11) is 0. The summed E-state index contributed by atoms with van der Waals surface area (Å²) in [6.07, 6.45) is 1.52. The van der Waals surface area contributed by atoms with Crippen LogP contribution in [0.5, 0.6) is 0 Å². The Bertz CT molecular complexity index is 763. The van der Waals surface area contributed by atoms with Gasteiger partial charge in [0.05, 0.1) is 6.33 Å². The Morgan fingerprint density at radius 1 is 1.23 bits per heavy atom. The van der Waals surface area contributed by atoms with Crippen LogP contribution in [0.3, 0.4) is 0 Å². The molecule has 0 saturated carbocycles. The Morgan fingerprint density at radius 3 is 2.64 bits per heavy atom. The van der Waals surface area contributed by atoms with Gasteiger partial charge in [0.25, 0.3) is 11.5 Å². The SMILES string of the molecule is Cc1ccc(C(=O)NCCn2cnc(C)c(C)c2=O)c(C)c1. The van der Waals surface area contributed by atoms with Crippen molar-refractivity contribution >= 4 is 5.91 Å². The summed E-state index contributed by atoms with van der Waals surface area (Å²) in [6, 6.07) is 5.72. The minimum atomic E-state index is -0.123. The first-order valence-corrected chi connectivity index (χ1v) is 7.28. The third-order valence-electron chi connectivity index (χ3n) is 3.78. The number of rotatable bonds is 4. The van der Waals surface area contributed by atoms with E-state index >= 15 is 0 Å². The van der Waals surface area contributed by atoms with Gasteiger partial charge in [0.15, 0.2) is 0 Å². The zero-order valence-electron chi connectivity index (χ0n) is 13.4. The molecule has 0 bridgehead atoms. The lowest BCUT2D eigenvalue weighted by molar-refractivity contribution is 0.0951. The number of nitrogens with zero attached hydrogens (tertiary/aromatic N) is 2. The number of carbonyl (C=O) groups is 1. The number of aromatic nitrogens is 2. The van der Waals surface area contributed by atoms with Crippen LogP contribution in [0.4, 0.5) is 0 Å². The summed E-state index contributed by atoms with van der Waals surface area (Å²) >= 11 is 0. The molecule has 0 atom stereocenters. The molecule has 1 amide bonds. The van der Waals surface area contributed by atoms with Crippen molar-refractivity contribution < 1.29 is 4.79 Å². The molecule has 0 spiro atoms. The van der Waals surface area contributed by atoms with E-state index in [-0.39, 0.29) is 11.5 Å². The van der Waals surface area contributed by atoms with Gasteiger partial charge in [-0.25, -0.2) is 4.98 Å². The van der Waals surface area contributed by atoms with Gasteiger partial charge in [0, 0.05) is 29.9 Å². The second-order valence-corrected chi connectivity index (χ2v) is 5.53. The van der Waals surface area contributed by atoms with Crippen molar-refractivity contribution in [3.05, 3.63) is 62.8 Å². The third-order valence-corrected chi connectivity index (χ3v) is 3.78. The maximum atomic E-state index is 12.2. The van der Waals surface area contributed by atoms with Crippen molar-refractivity contribution in [3.8, 4) is 0 Å². The van der Waals surface area contributed by atoms with Gasteiger partial charge in [-0.2, -0.15) is 0 Å². The highest BCUT2D eigenvalue weighted by atomic mass is 16.1. The molecular weight excluding hydrogens is 278 g/mol. The van der Waals surface area contributed by atoms with Crippen molar-refractivity contribution in [2.75, 3.05) is 6.54 Å². The summed E-state index contributed by atoms with van der Waals surface area (Å²) < 4.78 is 1.52. The highest BCUT2D eigenvalue weighted by molar-refractivity contribution is 5.95. The topological polar surface area (TPSA) is 64.0 Å². The van der Waals surface area contributed by atoms with Crippen molar-refractivity contribution in [2.24, 2.45) is 0 Å². The zero-order chi connectivity index (χ0) is 16.3. The predicted octanol–water partition coefficient (Wildman–Crippen LogP) is 1.91. The molecule has 0 saturated heterocycles. The van der Waals surface area contributed by atoms with Gasteiger partial charge in [0.1, 0.15) is 0 Å². The van der Waals surface area contributed by atoms with Crippen LogP contribution in [0.2, 0.25) is 0 Å². The number of aryl methyl sites for hydroxylation is 3. The van der Waals surface area contributed by atoms with E-state index in [9.17, 15) is 9.59 Å². The Balaban J connectivity index is 2.01. The van der Waals surface area contributed by atoms with Crippen LogP contribution in [0.15, 0.2) is 29.3 Å². The fourth-order valence-electron chi connectivity index (χ4n) is 2.29. The second-order valence-electron chi connectivity index (χ2n) is 5.53. The van der Waals surface area contributed by atoms with Crippen LogP contribution in [-0.4, -0.2) is 22.0 Å². The average molecular weight is 299 g/mol. The maximum absolute atomic E-state index is 12.2. The molecular formula is C17H21N3O2. The van der Waals surface area contributed by atoms with Crippen molar-refractivity contribution in [1.82, 2.24) is 14.9 Å². The fourth-order valence-corrected chi connectivity index (χ4v) is 2.29. The average Bonchev–Trinajstić information content (AvgIpc) is 2.47. The van der Waals surface area contributed by atoms with E-state index in [2.05, 4.69) is 10.3 Å². The number of hydrogen-bond acceptors (Lipinski definition) is 3. The zero-order valence-corrected chi connectivity index (χ0v) is 13.4. The van der Waals surface area contributed by atoms with E-state index in [1.165, 1.54) is 10.9 Å². The summed E-state index contributed by atoms with van der Waals surface area (Å²) in [5.41, 5.74) is 4.05. The lowest BCUT2D eigenvalue weighted by Gasteiger charge is -2.10. The van der Waals surface area contributed by atoms with Gasteiger partial charge >= 0.3 is 0 Å². The Morgan fingerprint density at radius 2 is 1.95 bits per heavy atom. The smallest absolute Gasteiger partial charge is 0.256 e. The second kappa shape index (κ2) is 6.56. The first-order chi connectivity index (χ1) is 10.4. The molecule has 1 N–H and O–H groups in total. The van der Waals surface area contributed by atoms with Crippen molar-refractivity contribution in [2.45, 2.75) is 34.2 Å². The van der Waals surface area contributed by atoms with Crippen LogP contribution in [0.1, 0.15) is 32.7 Å². The molecule has 22 heavy (non-hydrogen) atoms. The van der Waals surface area contributed by atoms with Crippen LogP contribution in [0.25, 0.3) is 0 Å². The number of hydrogen-bond donors (Lipinski definition) is 1. The predicted molar refractivity (Wildman–Crippen MR) is 86.2 cm³/mol. The van der Waals surface area contributed by atoms with E-state index in [4.69, 9.17) is 0 Å². The molecule has 116 valence electrons. The summed E-state index contributed by atoms with van der Waals surface area (Å²) in [6.45, 7) is 8.27. The number of amides is 1. The quantitative estimate of drug-likeness (QED) is 0.938. The first-order valence-electron chi connectivity index (χ1n) is 7.28. The standard InChI is InChI=1S/C17H21N3O2/c1-11-5-6-15(12(2)9-11)16(21)18-7-8-20-10-19-14(4)13(3)17(20)22/h5-6,9-10H,7-8H2,1-4H3,(H,18,21). The number of nitrogens with one attached hydrogen (secondary N) is 1. The number of carbonyl (C=O) groups excluding carboxylic acids is 1. The Labute approximate surface area is 130 Å².